The zero-order chi connectivity index (χ0) is 18.5. The van der Waals surface area contributed by atoms with Crippen molar-refractivity contribution in [2.45, 2.75) is 23.5 Å². The number of thioether (sulfide) groups is 2. The lowest BCUT2D eigenvalue weighted by Gasteiger charge is -2.28. The Kier molecular flexibility index (Phi) is 6.43. The van der Waals surface area contributed by atoms with Gasteiger partial charge in [-0.3, -0.25) is 9.69 Å². The molecule has 1 amide bonds. The summed E-state index contributed by atoms with van der Waals surface area (Å²) in [7, 11) is 0. The van der Waals surface area contributed by atoms with Crippen molar-refractivity contribution in [2.24, 2.45) is 0 Å². The molecule has 2 saturated heterocycles. The number of benzene rings is 2. The minimum atomic E-state index is 0.0217. The molecule has 2 fully saturated rings. The summed E-state index contributed by atoms with van der Waals surface area (Å²) in [5, 5.41) is 3.17. The van der Waals surface area contributed by atoms with E-state index >= 15 is 0 Å². The highest BCUT2D eigenvalue weighted by atomic mass is 32.2. The Morgan fingerprint density at radius 2 is 1.67 bits per heavy atom. The van der Waals surface area contributed by atoms with Gasteiger partial charge in [0.15, 0.2) is 0 Å². The van der Waals surface area contributed by atoms with Crippen molar-refractivity contribution in [1.29, 1.82) is 0 Å². The van der Waals surface area contributed by atoms with Crippen LogP contribution in [0, 0.1) is 0 Å². The zero-order valence-corrected chi connectivity index (χ0v) is 17.1. The van der Waals surface area contributed by atoms with E-state index in [1.54, 1.807) is 0 Å². The minimum Gasteiger partial charge on any atom is -0.350 e. The summed E-state index contributed by atoms with van der Waals surface area (Å²) in [5.74, 6) is 2.46. The van der Waals surface area contributed by atoms with E-state index in [4.69, 9.17) is 0 Å². The average Bonchev–Trinajstić information content (AvgIpc) is 3.43. The first-order valence-electron chi connectivity index (χ1n) is 9.71. The van der Waals surface area contributed by atoms with Crippen LogP contribution in [0.1, 0.15) is 45.0 Å². The lowest BCUT2D eigenvalue weighted by Crippen LogP contribution is -2.36. The molecular formula is C22H26N2OS2. The molecule has 1 atom stereocenters. The first kappa shape index (κ1) is 18.9. The molecule has 0 radical (unpaired) electrons. The summed E-state index contributed by atoms with van der Waals surface area (Å²) in [6, 6.07) is 19.0. The largest absolute Gasteiger partial charge is 0.350 e. The fraction of sp³-hybridized carbons (Fsp3) is 0.409. The van der Waals surface area contributed by atoms with Gasteiger partial charge in [0.2, 0.25) is 0 Å². The van der Waals surface area contributed by atoms with Gasteiger partial charge in [-0.05, 0) is 49.2 Å². The van der Waals surface area contributed by atoms with E-state index in [1.807, 2.05) is 41.7 Å². The zero-order valence-electron chi connectivity index (χ0n) is 15.5. The van der Waals surface area contributed by atoms with Crippen LogP contribution in [-0.4, -0.2) is 41.9 Å². The van der Waals surface area contributed by atoms with E-state index in [1.165, 1.54) is 35.5 Å². The van der Waals surface area contributed by atoms with Gasteiger partial charge in [-0.25, -0.2) is 0 Å². The Morgan fingerprint density at radius 3 is 2.33 bits per heavy atom. The molecule has 3 nitrogen and oxygen atoms in total. The molecule has 5 heteroatoms. The smallest absolute Gasteiger partial charge is 0.251 e. The van der Waals surface area contributed by atoms with Crippen LogP contribution < -0.4 is 5.32 Å². The second kappa shape index (κ2) is 9.18. The first-order valence-corrected chi connectivity index (χ1v) is 11.8. The van der Waals surface area contributed by atoms with E-state index < -0.39 is 0 Å². The highest BCUT2D eigenvalue weighted by molar-refractivity contribution is 8.19. The maximum atomic E-state index is 12.7. The van der Waals surface area contributed by atoms with Gasteiger partial charge in [-0.1, -0.05) is 42.5 Å². The van der Waals surface area contributed by atoms with Crippen LogP contribution in [0.15, 0.2) is 54.6 Å². The van der Waals surface area contributed by atoms with E-state index in [9.17, 15) is 4.79 Å². The highest BCUT2D eigenvalue weighted by Gasteiger charge is 2.24. The monoisotopic (exact) mass is 398 g/mol. The van der Waals surface area contributed by atoms with Crippen molar-refractivity contribution in [3.8, 4) is 0 Å². The standard InChI is InChI=1S/C22H26N2OS2/c25-21(18-8-10-19(11-9-18)22-26-14-15-27-22)23-16-20(24-12-4-5-13-24)17-6-2-1-3-7-17/h1-3,6-11,20,22H,4-5,12-16H2,(H,23,25). The molecule has 0 saturated carbocycles. The molecule has 142 valence electrons. The van der Waals surface area contributed by atoms with Crippen molar-refractivity contribution in [3.05, 3.63) is 71.3 Å². The third-order valence-corrected chi connectivity index (χ3v) is 8.39. The van der Waals surface area contributed by atoms with Crippen LogP contribution >= 0.6 is 23.5 Å². The molecule has 0 aromatic heterocycles. The van der Waals surface area contributed by atoms with E-state index in [2.05, 4.69) is 46.6 Å². The lowest BCUT2D eigenvalue weighted by molar-refractivity contribution is 0.0938. The maximum Gasteiger partial charge on any atom is 0.251 e. The highest BCUT2D eigenvalue weighted by Crippen LogP contribution is 2.45. The second-order valence-electron chi connectivity index (χ2n) is 7.08. The van der Waals surface area contributed by atoms with E-state index in [0.717, 1.165) is 18.7 Å². The maximum absolute atomic E-state index is 12.7. The Labute approximate surface area is 170 Å². The molecule has 27 heavy (non-hydrogen) atoms. The first-order chi connectivity index (χ1) is 13.3. The molecular weight excluding hydrogens is 372 g/mol. The number of hydrogen-bond donors (Lipinski definition) is 1. The molecule has 4 rings (SSSR count). The summed E-state index contributed by atoms with van der Waals surface area (Å²) in [6.45, 7) is 2.88. The van der Waals surface area contributed by atoms with Gasteiger partial charge in [0, 0.05) is 23.6 Å². The number of carbonyl (C=O) groups excluding carboxylic acids is 1. The number of nitrogens with one attached hydrogen (secondary N) is 1. The van der Waals surface area contributed by atoms with Crippen LogP contribution in [0.25, 0.3) is 0 Å². The molecule has 1 N–H and O–H groups in total. The van der Waals surface area contributed by atoms with E-state index in [0.29, 0.717) is 11.1 Å². The molecule has 2 aliphatic heterocycles. The number of rotatable bonds is 6. The molecule has 2 aromatic carbocycles. The predicted octanol–water partition coefficient (Wildman–Crippen LogP) is 4.73. The van der Waals surface area contributed by atoms with Crippen LogP contribution in [0.2, 0.25) is 0 Å². The fourth-order valence-corrected chi connectivity index (χ4v) is 6.68. The van der Waals surface area contributed by atoms with Crippen LogP contribution in [0.3, 0.4) is 0 Å². The van der Waals surface area contributed by atoms with Crippen molar-refractivity contribution in [1.82, 2.24) is 10.2 Å². The Morgan fingerprint density at radius 1 is 1.00 bits per heavy atom. The summed E-state index contributed by atoms with van der Waals surface area (Å²) in [6.07, 6.45) is 2.49. The fourth-order valence-electron chi connectivity index (χ4n) is 3.82. The molecule has 2 aromatic rings. The van der Waals surface area contributed by atoms with Gasteiger partial charge in [0.05, 0.1) is 10.6 Å². The van der Waals surface area contributed by atoms with Crippen LogP contribution in [0.5, 0.6) is 0 Å². The SMILES string of the molecule is O=C(NCC(c1ccccc1)N1CCCC1)c1ccc(C2SCCS2)cc1. The van der Waals surface area contributed by atoms with Gasteiger partial charge in [0.1, 0.15) is 0 Å². The minimum absolute atomic E-state index is 0.0217. The number of likely N-dealkylation sites (tertiary alicyclic amines) is 1. The summed E-state index contributed by atoms with van der Waals surface area (Å²) in [5.41, 5.74) is 3.35. The van der Waals surface area contributed by atoms with Crippen molar-refractivity contribution in [3.63, 3.8) is 0 Å². The topological polar surface area (TPSA) is 32.3 Å². The third kappa shape index (κ3) is 4.71. The summed E-state index contributed by atoms with van der Waals surface area (Å²) >= 11 is 3.98. The van der Waals surface area contributed by atoms with Gasteiger partial charge in [-0.2, -0.15) is 0 Å². The van der Waals surface area contributed by atoms with E-state index in [-0.39, 0.29) is 11.9 Å². The molecule has 1 unspecified atom stereocenters. The average molecular weight is 399 g/mol. The molecule has 2 aliphatic rings. The number of amides is 1. The predicted molar refractivity (Wildman–Crippen MR) is 116 cm³/mol. The third-order valence-electron chi connectivity index (χ3n) is 5.29. The number of carbonyl (C=O) groups is 1. The normalized spacial score (nSPS) is 19.3. The van der Waals surface area contributed by atoms with Gasteiger partial charge in [-0.15, -0.1) is 23.5 Å². The Hall–Kier alpha value is -1.43. The summed E-state index contributed by atoms with van der Waals surface area (Å²) < 4.78 is 0.528. The summed E-state index contributed by atoms with van der Waals surface area (Å²) in [4.78, 5) is 15.2. The van der Waals surface area contributed by atoms with Gasteiger partial charge < -0.3 is 5.32 Å². The van der Waals surface area contributed by atoms with Crippen LogP contribution in [-0.2, 0) is 0 Å². The molecule has 0 spiro atoms. The van der Waals surface area contributed by atoms with Gasteiger partial charge in [0.25, 0.3) is 5.91 Å². The quantitative estimate of drug-likeness (QED) is 0.762. The van der Waals surface area contributed by atoms with Crippen molar-refractivity contribution in [2.75, 3.05) is 31.1 Å². The number of nitrogens with zero attached hydrogens (tertiary/aromatic N) is 1. The second-order valence-corrected chi connectivity index (χ2v) is 9.80. The molecule has 0 bridgehead atoms. The Balaban J connectivity index is 1.40. The molecule has 0 aliphatic carbocycles. The molecule has 2 heterocycles. The van der Waals surface area contributed by atoms with Gasteiger partial charge >= 0.3 is 0 Å². The lowest BCUT2D eigenvalue weighted by atomic mass is 10.1. The number of hydrogen-bond acceptors (Lipinski definition) is 4. The van der Waals surface area contributed by atoms with Crippen LogP contribution in [0.4, 0.5) is 0 Å². The Bertz CT molecular complexity index is 739. The van der Waals surface area contributed by atoms with Crippen molar-refractivity contribution >= 4 is 29.4 Å². The van der Waals surface area contributed by atoms with Crippen molar-refractivity contribution < 1.29 is 4.79 Å².